The van der Waals surface area contributed by atoms with Gasteiger partial charge in [-0.25, -0.2) is 9.97 Å². The summed E-state index contributed by atoms with van der Waals surface area (Å²) in [5.74, 6) is 2.03. The summed E-state index contributed by atoms with van der Waals surface area (Å²) >= 11 is 1.38. The summed E-state index contributed by atoms with van der Waals surface area (Å²) in [6.07, 6.45) is 1.56. The Labute approximate surface area is 171 Å². The summed E-state index contributed by atoms with van der Waals surface area (Å²) < 4.78 is 16.6. The molecule has 2 aliphatic heterocycles. The van der Waals surface area contributed by atoms with Crippen LogP contribution in [-0.2, 0) is 4.74 Å². The number of rotatable bonds is 3. The van der Waals surface area contributed by atoms with Gasteiger partial charge >= 0.3 is 0 Å². The van der Waals surface area contributed by atoms with Crippen LogP contribution in [0.1, 0.15) is 15.2 Å². The molecule has 0 atom stereocenters. The Kier molecular flexibility index (Phi) is 4.69. The predicted molar refractivity (Wildman–Crippen MR) is 111 cm³/mol. The fourth-order valence-corrected chi connectivity index (χ4v) is 4.63. The molecule has 4 heterocycles. The zero-order chi connectivity index (χ0) is 19.8. The standard InChI is InChI=1S/C20H20N4O4S/c1-12-16-18(24-4-6-26-7-5-24)21-11-22-20(16)29-17(12)19(25)23-13-2-3-14-15(10-13)28-9-8-27-14/h2-3,10-11H,4-9H2,1H3,(H,23,25). The SMILES string of the molecule is Cc1c(C(=O)Nc2ccc3c(c2)OCCO3)sc2ncnc(N3CCOCC3)c12. The van der Waals surface area contributed by atoms with Gasteiger partial charge in [-0.2, -0.15) is 0 Å². The summed E-state index contributed by atoms with van der Waals surface area (Å²) in [7, 11) is 0. The van der Waals surface area contributed by atoms with E-state index in [2.05, 4.69) is 20.2 Å². The van der Waals surface area contributed by atoms with Crippen LogP contribution in [0.5, 0.6) is 11.5 Å². The normalized spacial score (nSPS) is 16.1. The van der Waals surface area contributed by atoms with Gasteiger partial charge < -0.3 is 24.4 Å². The minimum Gasteiger partial charge on any atom is -0.486 e. The second kappa shape index (κ2) is 7.49. The highest BCUT2D eigenvalue weighted by molar-refractivity contribution is 7.20. The van der Waals surface area contributed by atoms with Crippen molar-refractivity contribution in [1.82, 2.24) is 9.97 Å². The highest BCUT2D eigenvalue weighted by Crippen LogP contribution is 2.36. The molecule has 2 aromatic heterocycles. The number of morpholine rings is 1. The number of hydrogen-bond donors (Lipinski definition) is 1. The molecule has 0 bridgehead atoms. The number of fused-ring (bicyclic) bond motifs is 2. The molecular formula is C20H20N4O4S. The van der Waals surface area contributed by atoms with Crippen LogP contribution in [0, 0.1) is 6.92 Å². The van der Waals surface area contributed by atoms with E-state index in [1.54, 1.807) is 12.4 Å². The van der Waals surface area contributed by atoms with E-state index in [-0.39, 0.29) is 5.91 Å². The number of aromatic nitrogens is 2. The summed E-state index contributed by atoms with van der Waals surface area (Å²) in [6, 6.07) is 5.41. The van der Waals surface area contributed by atoms with Crippen molar-refractivity contribution in [2.45, 2.75) is 6.92 Å². The van der Waals surface area contributed by atoms with Crippen LogP contribution >= 0.6 is 11.3 Å². The van der Waals surface area contributed by atoms with Crippen molar-refractivity contribution in [3.05, 3.63) is 35.0 Å². The van der Waals surface area contributed by atoms with Crippen LogP contribution in [0.2, 0.25) is 0 Å². The molecule has 1 saturated heterocycles. The van der Waals surface area contributed by atoms with Crippen molar-refractivity contribution in [3.8, 4) is 11.5 Å². The third-order valence-corrected chi connectivity index (χ3v) is 6.22. The first kappa shape index (κ1) is 18.1. The van der Waals surface area contributed by atoms with Crippen molar-refractivity contribution in [2.24, 2.45) is 0 Å². The van der Waals surface area contributed by atoms with Crippen LogP contribution in [0.3, 0.4) is 0 Å². The van der Waals surface area contributed by atoms with Gasteiger partial charge in [0.2, 0.25) is 0 Å². The van der Waals surface area contributed by atoms with E-state index in [1.807, 2.05) is 19.1 Å². The van der Waals surface area contributed by atoms with Crippen molar-refractivity contribution in [3.63, 3.8) is 0 Å². The lowest BCUT2D eigenvalue weighted by Gasteiger charge is -2.28. The molecule has 5 rings (SSSR count). The molecule has 8 nitrogen and oxygen atoms in total. The number of ether oxygens (including phenoxy) is 3. The van der Waals surface area contributed by atoms with E-state index in [9.17, 15) is 4.79 Å². The molecule has 1 N–H and O–H groups in total. The second-order valence-electron chi connectivity index (χ2n) is 6.85. The monoisotopic (exact) mass is 412 g/mol. The molecule has 150 valence electrons. The lowest BCUT2D eigenvalue weighted by Crippen LogP contribution is -2.36. The Hall–Kier alpha value is -2.91. The predicted octanol–water partition coefficient (Wildman–Crippen LogP) is 2.86. The Bertz CT molecular complexity index is 1080. The molecule has 2 aliphatic rings. The number of anilines is 2. The first-order valence-corrected chi connectivity index (χ1v) is 10.3. The smallest absolute Gasteiger partial charge is 0.266 e. The van der Waals surface area contributed by atoms with Gasteiger partial charge in [0.25, 0.3) is 5.91 Å². The Morgan fingerprint density at radius 3 is 2.72 bits per heavy atom. The summed E-state index contributed by atoms with van der Waals surface area (Å²) in [5, 5.41) is 3.90. The number of hydrogen-bond acceptors (Lipinski definition) is 8. The molecule has 1 aromatic carbocycles. The minimum atomic E-state index is -0.171. The molecule has 0 radical (unpaired) electrons. The zero-order valence-electron chi connectivity index (χ0n) is 15.9. The van der Waals surface area contributed by atoms with Gasteiger partial charge in [0, 0.05) is 24.8 Å². The van der Waals surface area contributed by atoms with Crippen LogP contribution in [-0.4, -0.2) is 55.4 Å². The number of carbonyl (C=O) groups is 1. The van der Waals surface area contributed by atoms with Crippen LogP contribution in [0.15, 0.2) is 24.5 Å². The van der Waals surface area contributed by atoms with Crippen LogP contribution in [0.25, 0.3) is 10.2 Å². The fraction of sp³-hybridized carbons (Fsp3) is 0.350. The topological polar surface area (TPSA) is 85.8 Å². The molecule has 0 unspecified atom stereocenters. The number of nitrogens with zero attached hydrogens (tertiary/aromatic N) is 3. The minimum absolute atomic E-state index is 0.171. The van der Waals surface area contributed by atoms with Gasteiger partial charge in [-0.05, 0) is 24.6 Å². The van der Waals surface area contributed by atoms with Crippen molar-refractivity contribution < 1.29 is 19.0 Å². The second-order valence-corrected chi connectivity index (χ2v) is 7.84. The highest BCUT2D eigenvalue weighted by atomic mass is 32.1. The number of benzene rings is 1. The van der Waals surface area contributed by atoms with Crippen molar-refractivity contribution >= 4 is 39.0 Å². The van der Waals surface area contributed by atoms with Crippen molar-refractivity contribution in [2.75, 3.05) is 49.7 Å². The summed E-state index contributed by atoms with van der Waals surface area (Å²) in [6.45, 7) is 5.89. The van der Waals surface area contributed by atoms with Gasteiger partial charge in [0.15, 0.2) is 11.5 Å². The summed E-state index contributed by atoms with van der Waals surface area (Å²) in [4.78, 5) is 25.5. The number of amides is 1. The first-order chi connectivity index (χ1) is 14.2. The molecule has 29 heavy (non-hydrogen) atoms. The maximum atomic E-state index is 13.0. The van der Waals surface area contributed by atoms with Gasteiger partial charge in [0.05, 0.1) is 23.5 Å². The molecule has 3 aromatic rings. The van der Waals surface area contributed by atoms with Gasteiger partial charge in [-0.1, -0.05) is 0 Å². The lowest BCUT2D eigenvalue weighted by molar-refractivity contribution is 0.103. The Morgan fingerprint density at radius 1 is 1.10 bits per heavy atom. The average molecular weight is 412 g/mol. The largest absolute Gasteiger partial charge is 0.486 e. The van der Waals surface area contributed by atoms with E-state index in [1.165, 1.54) is 11.3 Å². The summed E-state index contributed by atoms with van der Waals surface area (Å²) in [5.41, 5.74) is 1.55. The van der Waals surface area contributed by atoms with Gasteiger partial charge in [-0.15, -0.1) is 11.3 Å². The fourth-order valence-electron chi connectivity index (χ4n) is 3.59. The van der Waals surface area contributed by atoms with Gasteiger partial charge in [0.1, 0.15) is 30.2 Å². The number of aryl methyl sites for hydroxylation is 1. The molecular weight excluding hydrogens is 392 g/mol. The van der Waals surface area contributed by atoms with Gasteiger partial charge in [-0.3, -0.25) is 4.79 Å². The molecule has 9 heteroatoms. The van der Waals surface area contributed by atoms with E-state index >= 15 is 0 Å². The molecule has 0 aliphatic carbocycles. The lowest BCUT2D eigenvalue weighted by atomic mass is 10.1. The number of carbonyl (C=O) groups excluding carboxylic acids is 1. The van der Waals surface area contributed by atoms with E-state index in [4.69, 9.17) is 14.2 Å². The number of thiophene rings is 1. The quantitative estimate of drug-likeness (QED) is 0.708. The van der Waals surface area contributed by atoms with E-state index < -0.39 is 0 Å². The first-order valence-electron chi connectivity index (χ1n) is 9.48. The van der Waals surface area contributed by atoms with Crippen LogP contribution < -0.4 is 19.7 Å². The molecule has 0 saturated carbocycles. The Balaban J connectivity index is 1.45. The maximum Gasteiger partial charge on any atom is 0.266 e. The van der Waals surface area contributed by atoms with Crippen molar-refractivity contribution in [1.29, 1.82) is 0 Å². The van der Waals surface area contributed by atoms with E-state index in [0.29, 0.717) is 48.5 Å². The molecule has 0 spiro atoms. The zero-order valence-corrected chi connectivity index (χ0v) is 16.8. The van der Waals surface area contributed by atoms with Crippen LogP contribution in [0.4, 0.5) is 11.5 Å². The average Bonchev–Trinajstić information content (AvgIpc) is 3.11. The third kappa shape index (κ3) is 3.36. The Morgan fingerprint density at radius 2 is 1.90 bits per heavy atom. The maximum absolute atomic E-state index is 13.0. The third-order valence-electron chi connectivity index (χ3n) is 5.02. The highest BCUT2D eigenvalue weighted by Gasteiger charge is 2.23. The molecule has 1 fully saturated rings. The molecule has 1 amide bonds. The number of nitrogens with one attached hydrogen (secondary N) is 1. The van der Waals surface area contributed by atoms with E-state index in [0.717, 1.165) is 34.7 Å².